The lowest BCUT2D eigenvalue weighted by atomic mass is 10.2. The minimum Gasteiger partial charge on any atom is -0.240 e. The smallest absolute Gasteiger partial charge is 0.240 e. The normalized spacial score (nSPS) is 12.3. The van der Waals surface area contributed by atoms with Gasteiger partial charge in [0.05, 0.1) is 22.7 Å². The first-order chi connectivity index (χ1) is 12.7. The third-order valence-corrected chi connectivity index (χ3v) is 6.19. The van der Waals surface area contributed by atoms with Crippen LogP contribution in [0.15, 0.2) is 58.8 Å². The van der Waals surface area contributed by atoms with Crippen LogP contribution >= 0.6 is 22.9 Å². The highest BCUT2D eigenvalue weighted by molar-refractivity contribution is 7.89. The van der Waals surface area contributed by atoms with Gasteiger partial charge in [0.25, 0.3) is 0 Å². The fourth-order valence-corrected chi connectivity index (χ4v) is 4.51. The lowest BCUT2D eigenvalue weighted by Crippen LogP contribution is -2.26. The third-order valence-electron chi connectivity index (χ3n) is 3.55. The average Bonchev–Trinajstić information content (AvgIpc) is 3.09. The Morgan fingerprint density at radius 2 is 1.81 bits per heavy atom. The van der Waals surface area contributed by atoms with E-state index in [1.54, 1.807) is 5.38 Å². The molecular formula is C17H12ClF3N2O2S2. The summed E-state index contributed by atoms with van der Waals surface area (Å²) in [6, 6.07) is 11.8. The van der Waals surface area contributed by atoms with Crippen molar-refractivity contribution in [3.05, 3.63) is 70.2 Å². The Balaban J connectivity index is 1.82. The average molecular weight is 433 g/mol. The summed E-state index contributed by atoms with van der Waals surface area (Å²) >= 11 is 6.90. The van der Waals surface area contributed by atoms with Crippen LogP contribution in [0.4, 0.5) is 13.2 Å². The van der Waals surface area contributed by atoms with Crippen LogP contribution in [-0.4, -0.2) is 13.4 Å². The van der Waals surface area contributed by atoms with E-state index in [9.17, 15) is 21.6 Å². The molecule has 0 amide bonds. The summed E-state index contributed by atoms with van der Waals surface area (Å²) in [6.45, 7) is -0.231. The molecule has 142 valence electrons. The Labute approximate surface area is 162 Å². The molecule has 4 nitrogen and oxygen atoms in total. The molecule has 0 radical (unpaired) electrons. The van der Waals surface area contributed by atoms with E-state index < -0.39 is 26.7 Å². The molecule has 27 heavy (non-hydrogen) atoms. The van der Waals surface area contributed by atoms with Gasteiger partial charge in [-0.25, -0.2) is 18.1 Å². The van der Waals surface area contributed by atoms with Gasteiger partial charge in [0.2, 0.25) is 10.0 Å². The molecule has 0 aliphatic heterocycles. The Morgan fingerprint density at radius 3 is 2.48 bits per heavy atom. The summed E-state index contributed by atoms with van der Waals surface area (Å²) < 4.78 is 66.4. The van der Waals surface area contributed by atoms with Gasteiger partial charge < -0.3 is 0 Å². The minimum atomic E-state index is -4.85. The Morgan fingerprint density at radius 1 is 1.11 bits per heavy atom. The summed E-state index contributed by atoms with van der Waals surface area (Å²) in [4.78, 5) is 3.43. The molecule has 0 aliphatic rings. The molecule has 0 bridgehead atoms. The monoisotopic (exact) mass is 432 g/mol. The number of hydrogen-bond donors (Lipinski definition) is 1. The van der Waals surface area contributed by atoms with Gasteiger partial charge in [-0.2, -0.15) is 13.2 Å². The molecule has 0 fully saturated rings. The van der Waals surface area contributed by atoms with Crippen molar-refractivity contribution in [1.82, 2.24) is 9.71 Å². The second-order valence-corrected chi connectivity index (χ2v) is 8.50. The van der Waals surface area contributed by atoms with E-state index in [4.69, 9.17) is 11.6 Å². The zero-order valence-electron chi connectivity index (χ0n) is 13.5. The highest BCUT2D eigenvalue weighted by atomic mass is 35.5. The van der Waals surface area contributed by atoms with E-state index in [1.807, 2.05) is 30.3 Å². The van der Waals surface area contributed by atoms with Crippen molar-refractivity contribution in [2.45, 2.75) is 17.6 Å². The van der Waals surface area contributed by atoms with E-state index in [0.29, 0.717) is 16.8 Å². The predicted octanol–water partition coefficient (Wildman–Crippen LogP) is 4.96. The summed E-state index contributed by atoms with van der Waals surface area (Å²) in [7, 11) is -4.41. The van der Waals surface area contributed by atoms with E-state index in [0.717, 1.165) is 17.7 Å². The van der Waals surface area contributed by atoms with Crippen LogP contribution in [0.25, 0.3) is 10.6 Å². The maximum absolute atomic E-state index is 13.2. The molecule has 2 aromatic carbocycles. The van der Waals surface area contributed by atoms with E-state index >= 15 is 0 Å². The number of aromatic nitrogens is 1. The Kier molecular flexibility index (Phi) is 5.57. The summed E-state index contributed by atoms with van der Waals surface area (Å²) in [6.07, 6.45) is -4.85. The second-order valence-electron chi connectivity index (χ2n) is 5.47. The largest absolute Gasteiger partial charge is 0.417 e. The SMILES string of the molecule is O=S(=O)(NCc1csc(-c2ccccc2)n1)c1ccc(Cl)cc1C(F)(F)F. The number of thiazole rings is 1. The van der Waals surface area contributed by atoms with E-state index in [-0.39, 0.29) is 11.6 Å². The number of sulfonamides is 1. The number of halogens is 4. The van der Waals surface area contributed by atoms with Gasteiger partial charge >= 0.3 is 6.18 Å². The summed E-state index contributed by atoms with van der Waals surface area (Å²) in [5, 5.41) is 2.14. The fourth-order valence-electron chi connectivity index (χ4n) is 2.31. The fraction of sp³-hybridized carbons (Fsp3) is 0.118. The zero-order chi connectivity index (χ0) is 19.7. The van der Waals surface area contributed by atoms with Gasteiger partial charge in [0.1, 0.15) is 5.01 Å². The zero-order valence-corrected chi connectivity index (χ0v) is 15.9. The molecule has 0 spiro atoms. The lowest BCUT2D eigenvalue weighted by molar-refractivity contribution is -0.139. The van der Waals surface area contributed by atoms with Crippen molar-refractivity contribution in [1.29, 1.82) is 0 Å². The van der Waals surface area contributed by atoms with Gasteiger partial charge in [-0.1, -0.05) is 41.9 Å². The first kappa shape index (κ1) is 19.8. The van der Waals surface area contributed by atoms with Crippen LogP contribution in [-0.2, 0) is 22.7 Å². The maximum Gasteiger partial charge on any atom is 0.417 e. The van der Waals surface area contributed by atoms with E-state index in [2.05, 4.69) is 9.71 Å². The van der Waals surface area contributed by atoms with Crippen molar-refractivity contribution in [3.63, 3.8) is 0 Å². The topological polar surface area (TPSA) is 59.1 Å². The number of rotatable bonds is 5. The van der Waals surface area contributed by atoms with Crippen LogP contribution in [0.3, 0.4) is 0 Å². The van der Waals surface area contributed by atoms with Crippen molar-refractivity contribution in [3.8, 4) is 10.6 Å². The molecule has 0 unspecified atom stereocenters. The number of nitrogens with one attached hydrogen (secondary N) is 1. The maximum atomic E-state index is 13.2. The number of nitrogens with zero attached hydrogens (tertiary/aromatic N) is 1. The van der Waals surface area contributed by atoms with Crippen LogP contribution < -0.4 is 4.72 Å². The quantitative estimate of drug-likeness (QED) is 0.619. The number of hydrogen-bond acceptors (Lipinski definition) is 4. The van der Waals surface area contributed by atoms with Gasteiger partial charge in [0, 0.05) is 16.0 Å². The molecular weight excluding hydrogens is 421 g/mol. The second kappa shape index (κ2) is 7.59. The minimum absolute atomic E-state index is 0.201. The molecule has 0 saturated carbocycles. The highest BCUT2D eigenvalue weighted by Crippen LogP contribution is 2.35. The number of benzene rings is 2. The van der Waals surface area contributed by atoms with Crippen LogP contribution in [0, 0.1) is 0 Å². The molecule has 3 aromatic rings. The van der Waals surface area contributed by atoms with Gasteiger partial charge in [0.15, 0.2) is 0 Å². The van der Waals surface area contributed by atoms with Crippen LogP contribution in [0.1, 0.15) is 11.3 Å². The first-order valence-corrected chi connectivity index (χ1v) is 10.3. The molecule has 1 heterocycles. The van der Waals surface area contributed by atoms with Gasteiger partial charge in [-0.3, -0.25) is 0 Å². The Bertz CT molecular complexity index is 1050. The van der Waals surface area contributed by atoms with E-state index in [1.165, 1.54) is 11.3 Å². The third kappa shape index (κ3) is 4.67. The molecule has 3 rings (SSSR count). The molecule has 1 N–H and O–H groups in total. The molecule has 1 aromatic heterocycles. The molecule has 0 atom stereocenters. The van der Waals surface area contributed by atoms with Crippen molar-refractivity contribution >= 4 is 33.0 Å². The van der Waals surface area contributed by atoms with Crippen molar-refractivity contribution in [2.75, 3.05) is 0 Å². The van der Waals surface area contributed by atoms with Gasteiger partial charge in [-0.05, 0) is 18.2 Å². The predicted molar refractivity (Wildman–Crippen MR) is 98.0 cm³/mol. The molecule has 0 saturated heterocycles. The first-order valence-electron chi connectivity index (χ1n) is 7.53. The Hall–Kier alpha value is -1.94. The standard InChI is InChI=1S/C17H12ClF3N2O2S2/c18-12-6-7-15(14(8-12)17(19,20)21)27(24,25)22-9-13-10-26-16(23-13)11-4-2-1-3-5-11/h1-8,10,22H,9H2. The number of alkyl halides is 3. The van der Waals surface area contributed by atoms with Crippen molar-refractivity contribution < 1.29 is 21.6 Å². The lowest BCUT2D eigenvalue weighted by Gasteiger charge is -2.14. The van der Waals surface area contributed by atoms with Crippen molar-refractivity contribution in [2.24, 2.45) is 0 Å². The molecule has 0 aliphatic carbocycles. The highest BCUT2D eigenvalue weighted by Gasteiger charge is 2.37. The van der Waals surface area contributed by atoms with Crippen LogP contribution in [0.5, 0.6) is 0 Å². The summed E-state index contributed by atoms with van der Waals surface area (Å²) in [5.74, 6) is 0. The molecule has 10 heteroatoms. The summed E-state index contributed by atoms with van der Waals surface area (Å²) in [5.41, 5.74) is -0.0376. The van der Waals surface area contributed by atoms with Crippen LogP contribution in [0.2, 0.25) is 5.02 Å². The van der Waals surface area contributed by atoms with Gasteiger partial charge in [-0.15, -0.1) is 11.3 Å².